The molecule has 2 amide bonds. The molecule has 0 fully saturated rings. The van der Waals surface area contributed by atoms with Crippen LogP contribution in [-0.2, 0) is 22.6 Å². The molecule has 35 heavy (non-hydrogen) atoms. The van der Waals surface area contributed by atoms with Gasteiger partial charge in [-0.1, -0.05) is 78.7 Å². The van der Waals surface area contributed by atoms with Crippen LogP contribution < -0.4 is 10.1 Å². The third kappa shape index (κ3) is 8.15. The molecule has 0 aliphatic rings. The first-order valence-corrected chi connectivity index (χ1v) is 12.3. The van der Waals surface area contributed by atoms with Gasteiger partial charge in [-0.25, -0.2) is 0 Å². The Bertz CT molecular complexity index is 1090. The van der Waals surface area contributed by atoms with Gasteiger partial charge in [0, 0.05) is 24.0 Å². The average Bonchev–Trinajstić information content (AvgIpc) is 2.87. The quantitative estimate of drug-likeness (QED) is 0.380. The Morgan fingerprint density at radius 3 is 2.23 bits per heavy atom. The van der Waals surface area contributed by atoms with Gasteiger partial charge in [-0.05, 0) is 55.7 Å². The summed E-state index contributed by atoms with van der Waals surface area (Å²) in [4.78, 5) is 28.6. The molecule has 1 N–H and O–H groups in total. The Kier molecular flexibility index (Phi) is 9.74. The Morgan fingerprint density at radius 1 is 0.943 bits per heavy atom. The maximum atomic E-state index is 13.5. The van der Waals surface area contributed by atoms with Crippen molar-refractivity contribution in [1.29, 1.82) is 0 Å². The molecular weight excluding hydrogens is 460 g/mol. The standard InChI is InChI=1S/C29H33ClN2O3/c1-4-22(3)31-29(34)27(18-23-8-6-5-7-9-23)32(19-24-12-14-25(30)15-13-24)28(33)20-35-26-16-10-21(2)11-17-26/h5-17,22,27H,4,18-20H2,1-3H3,(H,31,34). The second-order valence-electron chi connectivity index (χ2n) is 8.77. The number of amides is 2. The van der Waals surface area contributed by atoms with Crippen molar-refractivity contribution in [2.75, 3.05) is 6.61 Å². The normalized spacial score (nSPS) is 12.5. The molecule has 0 aliphatic heterocycles. The van der Waals surface area contributed by atoms with Crippen LogP contribution >= 0.6 is 11.6 Å². The summed E-state index contributed by atoms with van der Waals surface area (Å²) in [5.74, 6) is 0.167. The second kappa shape index (κ2) is 13.0. The van der Waals surface area contributed by atoms with Gasteiger partial charge in [0.15, 0.2) is 6.61 Å². The van der Waals surface area contributed by atoms with E-state index in [1.54, 1.807) is 17.0 Å². The van der Waals surface area contributed by atoms with Crippen LogP contribution in [0, 0.1) is 6.92 Å². The number of carbonyl (C=O) groups is 2. The van der Waals surface area contributed by atoms with Crippen LogP contribution in [0.2, 0.25) is 5.02 Å². The fourth-order valence-electron chi connectivity index (χ4n) is 3.64. The molecule has 0 bridgehead atoms. The van der Waals surface area contributed by atoms with E-state index in [1.807, 2.05) is 87.5 Å². The van der Waals surface area contributed by atoms with E-state index < -0.39 is 6.04 Å². The van der Waals surface area contributed by atoms with Crippen molar-refractivity contribution in [1.82, 2.24) is 10.2 Å². The van der Waals surface area contributed by atoms with Gasteiger partial charge in [0.2, 0.25) is 5.91 Å². The molecule has 2 unspecified atom stereocenters. The highest BCUT2D eigenvalue weighted by Crippen LogP contribution is 2.18. The third-order valence-corrected chi connectivity index (χ3v) is 6.17. The summed E-state index contributed by atoms with van der Waals surface area (Å²) in [6.45, 7) is 6.07. The SMILES string of the molecule is CCC(C)NC(=O)C(Cc1ccccc1)N(Cc1ccc(Cl)cc1)C(=O)COc1ccc(C)cc1. The number of nitrogens with one attached hydrogen (secondary N) is 1. The monoisotopic (exact) mass is 492 g/mol. The van der Waals surface area contributed by atoms with Gasteiger partial charge >= 0.3 is 0 Å². The molecule has 184 valence electrons. The molecule has 3 rings (SSSR count). The summed E-state index contributed by atoms with van der Waals surface area (Å²) >= 11 is 6.07. The molecule has 6 heteroatoms. The van der Waals surface area contributed by atoms with Crippen LogP contribution in [0.5, 0.6) is 5.75 Å². The zero-order chi connectivity index (χ0) is 25.2. The molecule has 3 aromatic carbocycles. The summed E-state index contributed by atoms with van der Waals surface area (Å²) in [6, 6.07) is 23.9. The van der Waals surface area contributed by atoms with E-state index in [-0.39, 0.29) is 31.0 Å². The van der Waals surface area contributed by atoms with Crippen LogP contribution in [0.1, 0.15) is 37.0 Å². The van der Waals surface area contributed by atoms with E-state index in [0.29, 0.717) is 17.2 Å². The molecule has 0 saturated heterocycles. The largest absolute Gasteiger partial charge is 0.484 e. The zero-order valence-corrected chi connectivity index (χ0v) is 21.3. The smallest absolute Gasteiger partial charge is 0.261 e. The topological polar surface area (TPSA) is 58.6 Å². The minimum Gasteiger partial charge on any atom is -0.484 e. The Hall–Kier alpha value is -3.31. The first kappa shape index (κ1) is 26.3. The number of hydrogen-bond donors (Lipinski definition) is 1. The number of hydrogen-bond acceptors (Lipinski definition) is 3. The maximum absolute atomic E-state index is 13.5. The van der Waals surface area contributed by atoms with Crippen molar-refractivity contribution in [3.63, 3.8) is 0 Å². The fraction of sp³-hybridized carbons (Fsp3) is 0.310. The highest BCUT2D eigenvalue weighted by Gasteiger charge is 2.31. The van der Waals surface area contributed by atoms with Crippen LogP contribution in [0.25, 0.3) is 0 Å². The lowest BCUT2D eigenvalue weighted by Gasteiger charge is -2.32. The first-order chi connectivity index (χ1) is 16.9. The summed E-state index contributed by atoms with van der Waals surface area (Å²) in [7, 11) is 0. The number of carbonyl (C=O) groups excluding carboxylic acids is 2. The van der Waals surface area contributed by atoms with Crippen molar-refractivity contribution in [3.05, 3.63) is 101 Å². The minimum absolute atomic E-state index is 0.00272. The Balaban J connectivity index is 1.89. The van der Waals surface area contributed by atoms with E-state index in [0.717, 1.165) is 23.1 Å². The lowest BCUT2D eigenvalue weighted by atomic mass is 10.0. The van der Waals surface area contributed by atoms with Crippen LogP contribution in [0.4, 0.5) is 0 Å². The van der Waals surface area contributed by atoms with Crippen LogP contribution in [0.3, 0.4) is 0 Å². The Morgan fingerprint density at radius 2 is 1.60 bits per heavy atom. The van der Waals surface area contributed by atoms with E-state index >= 15 is 0 Å². The van der Waals surface area contributed by atoms with Gasteiger partial charge in [0.05, 0.1) is 0 Å². The number of nitrogens with zero attached hydrogens (tertiary/aromatic N) is 1. The van der Waals surface area contributed by atoms with Gasteiger partial charge in [-0.15, -0.1) is 0 Å². The highest BCUT2D eigenvalue weighted by molar-refractivity contribution is 6.30. The molecule has 0 saturated carbocycles. The van der Waals surface area contributed by atoms with E-state index in [4.69, 9.17) is 16.3 Å². The number of ether oxygens (including phenoxy) is 1. The third-order valence-electron chi connectivity index (χ3n) is 5.92. The second-order valence-corrected chi connectivity index (χ2v) is 9.21. The minimum atomic E-state index is -0.698. The number of halogens is 1. The van der Waals surface area contributed by atoms with Crippen LogP contribution in [0.15, 0.2) is 78.9 Å². The number of rotatable bonds is 11. The van der Waals surface area contributed by atoms with Gasteiger partial charge in [-0.3, -0.25) is 9.59 Å². The molecule has 5 nitrogen and oxygen atoms in total. The van der Waals surface area contributed by atoms with Crippen molar-refractivity contribution < 1.29 is 14.3 Å². The van der Waals surface area contributed by atoms with Crippen molar-refractivity contribution in [2.45, 2.75) is 52.2 Å². The summed E-state index contributed by atoms with van der Waals surface area (Å²) in [6.07, 6.45) is 1.19. The number of aryl methyl sites for hydroxylation is 1. The lowest BCUT2D eigenvalue weighted by molar-refractivity contribution is -0.143. The number of benzene rings is 3. The molecule has 2 atom stereocenters. The molecule has 3 aromatic rings. The van der Waals surface area contributed by atoms with Gasteiger partial charge in [-0.2, -0.15) is 0 Å². The van der Waals surface area contributed by atoms with Gasteiger partial charge in [0.25, 0.3) is 5.91 Å². The molecule has 0 aromatic heterocycles. The molecular formula is C29H33ClN2O3. The average molecular weight is 493 g/mol. The van der Waals surface area contributed by atoms with Crippen molar-refractivity contribution in [3.8, 4) is 5.75 Å². The maximum Gasteiger partial charge on any atom is 0.261 e. The summed E-state index contributed by atoms with van der Waals surface area (Å²) in [5, 5.41) is 3.68. The Labute approximate surface area is 213 Å². The van der Waals surface area contributed by atoms with Crippen molar-refractivity contribution in [2.24, 2.45) is 0 Å². The van der Waals surface area contributed by atoms with Crippen molar-refractivity contribution >= 4 is 23.4 Å². The summed E-state index contributed by atoms with van der Waals surface area (Å²) in [5.41, 5.74) is 2.97. The molecule has 0 aliphatic carbocycles. The predicted octanol–water partition coefficient (Wildman–Crippen LogP) is 5.58. The predicted molar refractivity (Wildman–Crippen MR) is 141 cm³/mol. The lowest BCUT2D eigenvalue weighted by Crippen LogP contribution is -2.53. The zero-order valence-electron chi connectivity index (χ0n) is 20.5. The van der Waals surface area contributed by atoms with Gasteiger partial charge < -0.3 is 15.0 Å². The van der Waals surface area contributed by atoms with E-state index in [1.165, 1.54) is 0 Å². The fourth-order valence-corrected chi connectivity index (χ4v) is 3.77. The molecule has 0 heterocycles. The highest BCUT2D eigenvalue weighted by atomic mass is 35.5. The van der Waals surface area contributed by atoms with E-state index in [2.05, 4.69) is 5.32 Å². The molecule has 0 radical (unpaired) electrons. The van der Waals surface area contributed by atoms with Crippen LogP contribution in [-0.4, -0.2) is 35.4 Å². The van der Waals surface area contributed by atoms with Gasteiger partial charge in [0.1, 0.15) is 11.8 Å². The summed E-state index contributed by atoms with van der Waals surface area (Å²) < 4.78 is 5.80. The molecule has 0 spiro atoms. The van der Waals surface area contributed by atoms with E-state index in [9.17, 15) is 9.59 Å². The first-order valence-electron chi connectivity index (χ1n) is 11.9.